The van der Waals surface area contributed by atoms with E-state index in [0.29, 0.717) is 22.6 Å². The number of nitrogens with zero attached hydrogens (tertiary/aromatic N) is 3. The molecule has 3 aromatic rings. The van der Waals surface area contributed by atoms with Crippen LogP contribution in [0.25, 0.3) is 22.0 Å². The summed E-state index contributed by atoms with van der Waals surface area (Å²) in [6.45, 7) is 0. The fraction of sp³-hybridized carbons (Fsp3) is 0.118. The van der Waals surface area contributed by atoms with Gasteiger partial charge in [0.25, 0.3) is 0 Å². The van der Waals surface area contributed by atoms with E-state index in [2.05, 4.69) is 16.0 Å². The molecule has 0 atom stereocenters. The first kappa shape index (κ1) is 26.9. The number of hydrogen-bond donors (Lipinski definition) is 3. The Morgan fingerprint density at radius 2 is 1.67 bits per heavy atom. The lowest BCUT2D eigenvalue weighted by Crippen LogP contribution is -2.21. The summed E-state index contributed by atoms with van der Waals surface area (Å²) < 4.78 is 68.8. The molecule has 33 heavy (non-hydrogen) atoms. The van der Waals surface area contributed by atoms with Crippen LogP contribution in [0.15, 0.2) is 40.5 Å². The second kappa shape index (κ2) is 10.9. The third-order valence-electron chi connectivity index (χ3n) is 3.08. The summed E-state index contributed by atoms with van der Waals surface area (Å²) in [6.07, 6.45) is -6.92. The molecule has 0 radical (unpaired) electrons. The van der Waals surface area contributed by atoms with E-state index in [4.69, 9.17) is 30.0 Å². The number of rotatable bonds is 2. The van der Waals surface area contributed by atoms with Crippen molar-refractivity contribution < 1.29 is 50.6 Å². The first-order chi connectivity index (χ1) is 15.2. The van der Waals surface area contributed by atoms with E-state index in [1.165, 1.54) is 11.3 Å². The van der Waals surface area contributed by atoms with Gasteiger partial charge in [-0.3, -0.25) is 0 Å². The second-order valence-corrected chi connectivity index (χ2v) is 6.24. The second-order valence-electron chi connectivity index (χ2n) is 5.35. The molecule has 16 heteroatoms. The standard InChI is InChI=1S/C13H8N4OS.2C2HF3O2/c14-7-9-8(11-2-1-4-18-11)6-10(17-12(9)15)13-16-3-5-19-13;2*3-2(4,5)1(6)7/h1-6H,(H2,15,17);2*(H,6,7). The van der Waals surface area contributed by atoms with Crippen LogP contribution in [0.2, 0.25) is 0 Å². The van der Waals surface area contributed by atoms with Crippen LogP contribution in [-0.2, 0) is 9.59 Å². The number of halogens is 6. The summed E-state index contributed by atoms with van der Waals surface area (Å²) in [6, 6.07) is 7.37. The summed E-state index contributed by atoms with van der Waals surface area (Å²) in [5, 5.41) is 26.1. The molecule has 0 aliphatic carbocycles. The first-order valence-electron chi connectivity index (χ1n) is 7.93. The van der Waals surface area contributed by atoms with E-state index >= 15 is 0 Å². The zero-order valence-electron chi connectivity index (χ0n) is 15.7. The number of furan rings is 1. The van der Waals surface area contributed by atoms with Crippen molar-refractivity contribution in [1.82, 2.24) is 9.97 Å². The largest absolute Gasteiger partial charge is 0.490 e. The van der Waals surface area contributed by atoms with Crippen molar-refractivity contribution >= 4 is 29.1 Å². The average molecular weight is 496 g/mol. The molecule has 3 aromatic heterocycles. The van der Waals surface area contributed by atoms with Gasteiger partial charge < -0.3 is 20.4 Å². The molecule has 0 spiro atoms. The molecule has 0 aliphatic heterocycles. The molecular weight excluding hydrogens is 486 g/mol. The molecule has 4 N–H and O–H groups in total. The van der Waals surface area contributed by atoms with Gasteiger partial charge in [-0.25, -0.2) is 19.6 Å². The van der Waals surface area contributed by atoms with Crippen LogP contribution in [0.1, 0.15) is 5.56 Å². The van der Waals surface area contributed by atoms with E-state index in [1.54, 1.807) is 30.7 Å². The van der Waals surface area contributed by atoms with E-state index in [0.717, 1.165) is 5.01 Å². The van der Waals surface area contributed by atoms with Crippen LogP contribution < -0.4 is 5.73 Å². The lowest BCUT2D eigenvalue weighted by Gasteiger charge is -2.06. The van der Waals surface area contributed by atoms with Gasteiger partial charge in [-0.05, 0) is 18.2 Å². The SMILES string of the molecule is N#Cc1c(-c2ccco2)cc(-c2nccs2)nc1N.O=C(O)C(F)(F)F.O=C(O)C(F)(F)F. The van der Waals surface area contributed by atoms with Crippen molar-refractivity contribution in [2.75, 3.05) is 5.73 Å². The predicted octanol–water partition coefficient (Wildman–Crippen LogP) is 4.19. The van der Waals surface area contributed by atoms with E-state index in [9.17, 15) is 31.6 Å². The first-order valence-corrected chi connectivity index (χ1v) is 8.81. The van der Waals surface area contributed by atoms with Gasteiger partial charge in [-0.15, -0.1) is 11.3 Å². The topological polar surface area (TPSA) is 163 Å². The Balaban J connectivity index is 0.000000324. The minimum atomic E-state index is -5.08. The monoisotopic (exact) mass is 496 g/mol. The predicted molar refractivity (Wildman–Crippen MR) is 99.6 cm³/mol. The number of alkyl halides is 6. The number of hydrogen-bond acceptors (Lipinski definition) is 8. The zero-order valence-corrected chi connectivity index (χ0v) is 16.5. The lowest BCUT2D eigenvalue weighted by molar-refractivity contribution is -0.193. The van der Waals surface area contributed by atoms with Gasteiger partial charge in [0.1, 0.15) is 33.9 Å². The number of carboxylic acid groups (broad SMARTS) is 2. The van der Waals surface area contributed by atoms with Crippen LogP contribution in [-0.4, -0.2) is 44.5 Å². The van der Waals surface area contributed by atoms with Crippen LogP contribution >= 0.6 is 11.3 Å². The fourth-order valence-electron chi connectivity index (χ4n) is 1.77. The molecule has 3 rings (SSSR count). The highest BCUT2D eigenvalue weighted by Gasteiger charge is 2.38. The number of pyridine rings is 1. The zero-order chi connectivity index (χ0) is 25.4. The summed E-state index contributed by atoms with van der Waals surface area (Å²) in [5.41, 5.74) is 7.43. The van der Waals surface area contributed by atoms with Gasteiger partial charge >= 0.3 is 24.3 Å². The summed E-state index contributed by atoms with van der Waals surface area (Å²) in [5.74, 6) is -4.75. The van der Waals surface area contributed by atoms with Crippen molar-refractivity contribution in [1.29, 1.82) is 5.26 Å². The quantitative estimate of drug-likeness (QED) is 0.442. The van der Waals surface area contributed by atoms with Crippen LogP contribution in [0, 0.1) is 11.3 Å². The average Bonchev–Trinajstić information content (AvgIpc) is 3.41. The Kier molecular flexibility index (Phi) is 8.93. The van der Waals surface area contributed by atoms with Gasteiger partial charge in [-0.1, -0.05) is 0 Å². The number of aromatic nitrogens is 2. The molecule has 3 heterocycles. The van der Waals surface area contributed by atoms with Crippen molar-refractivity contribution in [3.8, 4) is 28.1 Å². The van der Waals surface area contributed by atoms with Crippen molar-refractivity contribution in [2.45, 2.75) is 12.4 Å². The fourth-order valence-corrected chi connectivity index (χ4v) is 2.37. The van der Waals surface area contributed by atoms with E-state index in [-0.39, 0.29) is 5.82 Å². The molecule has 0 aromatic carbocycles. The number of anilines is 1. The normalized spacial score (nSPS) is 10.7. The van der Waals surface area contributed by atoms with Gasteiger partial charge in [0.05, 0.1) is 6.26 Å². The Morgan fingerprint density at radius 1 is 1.12 bits per heavy atom. The van der Waals surface area contributed by atoms with Crippen molar-refractivity contribution in [3.63, 3.8) is 0 Å². The molecule has 0 saturated carbocycles. The number of carbonyl (C=O) groups is 2. The Labute approximate surface area is 183 Å². The summed E-state index contributed by atoms with van der Waals surface area (Å²) >= 11 is 1.46. The van der Waals surface area contributed by atoms with Gasteiger partial charge in [-0.2, -0.15) is 31.6 Å². The van der Waals surface area contributed by atoms with Crippen LogP contribution in [0.4, 0.5) is 32.2 Å². The van der Waals surface area contributed by atoms with Gasteiger partial charge in [0.2, 0.25) is 0 Å². The molecule has 0 saturated heterocycles. The van der Waals surface area contributed by atoms with Crippen LogP contribution in [0.5, 0.6) is 0 Å². The molecule has 0 amide bonds. The van der Waals surface area contributed by atoms with E-state index < -0.39 is 24.3 Å². The molecule has 176 valence electrons. The Hall–Kier alpha value is -4.13. The maximum atomic E-state index is 10.6. The number of nitrogens with two attached hydrogens (primary N) is 1. The van der Waals surface area contributed by atoms with Crippen LogP contribution in [0.3, 0.4) is 0 Å². The number of thiazole rings is 1. The van der Waals surface area contributed by atoms with Crippen molar-refractivity contribution in [2.24, 2.45) is 0 Å². The van der Waals surface area contributed by atoms with E-state index in [1.807, 2.05) is 5.38 Å². The summed E-state index contributed by atoms with van der Waals surface area (Å²) in [4.78, 5) is 26.2. The summed E-state index contributed by atoms with van der Waals surface area (Å²) in [7, 11) is 0. The Morgan fingerprint density at radius 3 is 2.03 bits per heavy atom. The lowest BCUT2D eigenvalue weighted by atomic mass is 10.1. The van der Waals surface area contributed by atoms with Gasteiger partial charge in [0, 0.05) is 17.1 Å². The number of aliphatic carboxylic acids is 2. The maximum absolute atomic E-state index is 10.6. The number of nitriles is 1. The third-order valence-corrected chi connectivity index (χ3v) is 3.88. The molecule has 9 nitrogen and oxygen atoms in total. The molecular formula is C17H10F6N4O5S. The highest BCUT2D eigenvalue weighted by atomic mass is 32.1. The van der Waals surface area contributed by atoms with Crippen molar-refractivity contribution in [3.05, 3.63) is 41.6 Å². The molecule has 0 unspecified atom stereocenters. The number of nitrogen functional groups attached to an aromatic ring is 1. The molecule has 0 bridgehead atoms. The maximum Gasteiger partial charge on any atom is 0.490 e. The highest BCUT2D eigenvalue weighted by Crippen LogP contribution is 2.31. The minimum Gasteiger partial charge on any atom is -0.475 e. The molecule has 0 aliphatic rings. The number of carboxylic acids is 2. The highest BCUT2D eigenvalue weighted by molar-refractivity contribution is 7.13. The smallest absolute Gasteiger partial charge is 0.475 e. The molecule has 0 fully saturated rings. The third kappa shape index (κ3) is 8.14. The van der Waals surface area contributed by atoms with Gasteiger partial charge in [0.15, 0.2) is 0 Å². The Bertz CT molecular complexity index is 1100. The minimum absolute atomic E-state index is 0.182.